The number of fused-ring (bicyclic) bond motifs is 1. The topological polar surface area (TPSA) is 89.8 Å². The Morgan fingerprint density at radius 3 is 2.50 bits per heavy atom. The van der Waals surface area contributed by atoms with E-state index in [0.717, 1.165) is 5.52 Å². The Morgan fingerprint density at radius 2 is 1.85 bits per heavy atom. The van der Waals surface area contributed by atoms with Crippen LogP contribution in [0.1, 0.15) is 10.4 Å². The quantitative estimate of drug-likeness (QED) is 0.379. The van der Waals surface area contributed by atoms with E-state index in [-0.39, 0.29) is 16.3 Å². The van der Waals surface area contributed by atoms with Crippen LogP contribution in [-0.4, -0.2) is 26.0 Å². The van der Waals surface area contributed by atoms with E-state index in [0.29, 0.717) is 27.5 Å². The molecule has 34 heavy (non-hydrogen) atoms. The lowest BCUT2D eigenvalue weighted by Crippen LogP contribution is -2.16. The Morgan fingerprint density at radius 1 is 1.15 bits per heavy atom. The Balaban J connectivity index is 1.58. The highest BCUT2D eigenvalue weighted by molar-refractivity contribution is 7.92. The summed E-state index contributed by atoms with van der Waals surface area (Å²) in [6, 6.07) is 16.3. The Labute approximate surface area is 199 Å². The number of methoxy groups -OCH3 is 1. The Kier molecular flexibility index (Phi) is 6.62. The maximum absolute atomic E-state index is 13.6. The number of sulfonamides is 1. The normalized spacial score (nSPS) is 12.0. The molecule has 0 saturated heterocycles. The molecule has 0 aliphatic heterocycles. The molecule has 0 aliphatic rings. The van der Waals surface area contributed by atoms with Gasteiger partial charge in [0, 0.05) is 17.8 Å². The Bertz CT molecular complexity index is 1540. The van der Waals surface area contributed by atoms with Gasteiger partial charge in [-0.3, -0.25) is 9.52 Å². The van der Waals surface area contributed by atoms with E-state index < -0.39 is 15.9 Å². The van der Waals surface area contributed by atoms with Gasteiger partial charge < -0.3 is 9.30 Å². The SMILES string of the molecule is C=CCn1c(=NC(=O)c2ccc(NS(=O)(=O)c3ccc(OC)cc3)cc2)sc2cc(F)ccc21. The largest absolute Gasteiger partial charge is 0.497 e. The Hall–Kier alpha value is -3.76. The molecule has 0 aliphatic carbocycles. The second kappa shape index (κ2) is 9.62. The number of carbonyl (C=O) groups excluding carboxylic acids is 1. The lowest BCUT2D eigenvalue weighted by atomic mass is 10.2. The van der Waals surface area contributed by atoms with E-state index in [1.165, 1.54) is 67.0 Å². The third-order valence-corrected chi connectivity index (χ3v) is 7.35. The number of anilines is 1. The van der Waals surface area contributed by atoms with Gasteiger partial charge in [0.05, 0.1) is 22.2 Å². The van der Waals surface area contributed by atoms with E-state index in [1.54, 1.807) is 28.8 Å². The number of amides is 1. The molecule has 1 heterocycles. The van der Waals surface area contributed by atoms with Crippen LogP contribution < -0.4 is 14.3 Å². The summed E-state index contributed by atoms with van der Waals surface area (Å²) in [5.74, 6) is -0.330. The number of carbonyl (C=O) groups is 1. The average Bonchev–Trinajstić information content (AvgIpc) is 3.15. The first-order valence-corrected chi connectivity index (χ1v) is 12.4. The summed E-state index contributed by atoms with van der Waals surface area (Å²) >= 11 is 1.20. The number of rotatable bonds is 7. The number of hydrogen-bond donors (Lipinski definition) is 1. The summed E-state index contributed by atoms with van der Waals surface area (Å²) in [6.45, 7) is 4.14. The van der Waals surface area contributed by atoms with Gasteiger partial charge in [-0.2, -0.15) is 4.99 Å². The van der Waals surface area contributed by atoms with Crippen LogP contribution in [-0.2, 0) is 16.6 Å². The second-order valence-electron chi connectivity index (χ2n) is 7.17. The molecule has 1 aromatic heterocycles. The summed E-state index contributed by atoms with van der Waals surface area (Å²) in [4.78, 5) is 17.5. The summed E-state index contributed by atoms with van der Waals surface area (Å²) in [5, 5.41) is 0. The number of benzene rings is 3. The molecule has 0 atom stereocenters. The first kappa shape index (κ1) is 23.4. The molecule has 0 fully saturated rings. The molecule has 4 aromatic rings. The fourth-order valence-corrected chi connectivity index (χ4v) is 5.36. The van der Waals surface area contributed by atoms with Crippen molar-refractivity contribution in [2.45, 2.75) is 11.4 Å². The van der Waals surface area contributed by atoms with Crippen molar-refractivity contribution < 1.29 is 22.3 Å². The molecule has 3 aromatic carbocycles. The van der Waals surface area contributed by atoms with Gasteiger partial charge in [-0.05, 0) is 66.7 Å². The van der Waals surface area contributed by atoms with Crippen LogP contribution in [0.2, 0.25) is 0 Å². The maximum Gasteiger partial charge on any atom is 0.279 e. The molecule has 0 unspecified atom stereocenters. The molecule has 174 valence electrons. The highest BCUT2D eigenvalue weighted by Crippen LogP contribution is 2.21. The average molecular weight is 498 g/mol. The van der Waals surface area contributed by atoms with Crippen LogP contribution in [0.3, 0.4) is 0 Å². The molecule has 10 heteroatoms. The number of halogens is 1. The van der Waals surface area contributed by atoms with E-state index in [2.05, 4.69) is 16.3 Å². The summed E-state index contributed by atoms with van der Waals surface area (Å²) in [5.41, 5.74) is 1.33. The van der Waals surface area contributed by atoms with E-state index in [9.17, 15) is 17.6 Å². The molecule has 0 radical (unpaired) electrons. The lowest BCUT2D eigenvalue weighted by Gasteiger charge is -2.09. The zero-order valence-electron chi connectivity index (χ0n) is 18.1. The predicted molar refractivity (Wildman–Crippen MR) is 130 cm³/mol. The zero-order chi connectivity index (χ0) is 24.3. The number of nitrogens with zero attached hydrogens (tertiary/aromatic N) is 2. The van der Waals surface area contributed by atoms with Crippen LogP contribution in [0.15, 0.2) is 89.3 Å². The van der Waals surface area contributed by atoms with Crippen LogP contribution in [0, 0.1) is 5.82 Å². The van der Waals surface area contributed by atoms with Gasteiger partial charge in [0.1, 0.15) is 11.6 Å². The standard InChI is InChI=1S/C24H20FN3O4S2/c1-3-14-28-21-13-6-17(25)15-22(21)33-24(28)26-23(29)16-4-7-18(8-5-16)27-34(30,31)20-11-9-19(32-2)10-12-20/h3-13,15,27H,1,14H2,2H3. The van der Waals surface area contributed by atoms with Crippen molar-refractivity contribution in [2.24, 2.45) is 4.99 Å². The maximum atomic E-state index is 13.6. The molecular weight excluding hydrogens is 477 g/mol. The lowest BCUT2D eigenvalue weighted by molar-refractivity contribution is 0.0998. The van der Waals surface area contributed by atoms with Crippen molar-refractivity contribution in [3.05, 3.63) is 95.6 Å². The molecule has 0 bridgehead atoms. The van der Waals surface area contributed by atoms with E-state index in [1.807, 2.05) is 0 Å². The predicted octanol–water partition coefficient (Wildman–Crippen LogP) is 4.58. The third kappa shape index (κ3) is 4.92. The first-order valence-electron chi connectivity index (χ1n) is 10.1. The number of thiazole rings is 1. The van der Waals surface area contributed by atoms with Crippen molar-refractivity contribution in [2.75, 3.05) is 11.8 Å². The number of hydrogen-bond acceptors (Lipinski definition) is 5. The minimum Gasteiger partial charge on any atom is -0.497 e. The van der Waals surface area contributed by atoms with Gasteiger partial charge in [0.15, 0.2) is 4.80 Å². The van der Waals surface area contributed by atoms with Crippen LogP contribution in [0.4, 0.5) is 10.1 Å². The zero-order valence-corrected chi connectivity index (χ0v) is 19.7. The monoisotopic (exact) mass is 497 g/mol. The molecule has 7 nitrogen and oxygen atoms in total. The van der Waals surface area contributed by atoms with Crippen molar-refractivity contribution in [3.8, 4) is 5.75 Å². The molecule has 4 rings (SSSR count). The highest BCUT2D eigenvalue weighted by Gasteiger charge is 2.15. The smallest absolute Gasteiger partial charge is 0.279 e. The van der Waals surface area contributed by atoms with Crippen molar-refractivity contribution in [1.29, 1.82) is 0 Å². The molecule has 0 saturated carbocycles. The van der Waals surface area contributed by atoms with E-state index >= 15 is 0 Å². The van der Waals surface area contributed by atoms with Crippen molar-refractivity contribution >= 4 is 43.2 Å². The van der Waals surface area contributed by atoms with E-state index in [4.69, 9.17) is 4.74 Å². The van der Waals surface area contributed by atoms with Crippen LogP contribution >= 0.6 is 11.3 Å². The first-order chi connectivity index (χ1) is 16.3. The van der Waals surface area contributed by atoms with Crippen LogP contribution in [0.5, 0.6) is 5.75 Å². The molecule has 0 spiro atoms. The van der Waals surface area contributed by atoms with Gasteiger partial charge in [-0.1, -0.05) is 17.4 Å². The number of nitrogens with one attached hydrogen (secondary N) is 1. The summed E-state index contributed by atoms with van der Waals surface area (Å²) in [6.07, 6.45) is 1.67. The summed E-state index contributed by atoms with van der Waals surface area (Å²) < 4.78 is 48.8. The van der Waals surface area contributed by atoms with Crippen LogP contribution in [0.25, 0.3) is 10.2 Å². The van der Waals surface area contributed by atoms with Crippen molar-refractivity contribution in [3.63, 3.8) is 0 Å². The summed E-state index contributed by atoms with van der Waals surface area (Å²) in [7, 11) is -2.31. The fourth-order valence-electron chi connectivity index (χ4n) is 3.24. The second-order valence-corrected chi connectivity index (χ2v) is 9.86. The number of allylic oxidation sites excluding steroid dienone is 1. The van der Waals surface area contributed by atoms with Gasteiger partial charge in [-0.25, -0.2) is 12.8 Å². The van der Waals surface area contributed by atoms with Crippen molar-refractivity contribution in [1.82, 2.24) is 4.57 Å². The molecule has 1 amide bonds. The van der Waals surface area contributed by atoms with Gasteiger partial charge in [-0.15, -0.1) is 6.58 Å². The minimum absolute atomic E-state index is 0.0800. The molecular formula is C24H20FN3O4S2. The highest BCUT2D eigenvalue weighted by atomic mass is 32.2. The van der Waals surface area contributed by atoms with Gasteiger partial charge in [0.2, 0.25) is 0 Å². The fraction of sp³-hybridized carbons (Fsp3) is 0.0833. The number of ether oxygens (including phenoxy) is 1. The number of aromatic nitrogens is 1. The van der Waals surface area contributed by atoms with Gasteiger partial charge >= 0.3 is 0 Å². The third-order valence-electron chi connectivity index (χ3n) is 4.91. The molecule has 1 N–H and O–H groups in total. The minimum atomic E-state index is -3.81. The van der Waals surface area contributed by atoms with Gasteiger partial charge in [0.25, 0.3) is 15.9 Å².